The van der Waals surface area contributed by atoms with Gasteiger partial charge in [0.2, 0.25) is 0 Å². The number of aliphatic hydroxyl groups is 2. The Labute approximate surface area is 147 Å². The number of carboxylic acid groups (broad SMARTS) is 1. The summed E-state index contributed by atoms with van der Waals surface area (Å²) in [7, 11) is 0. The number of rotatable bonds is 5. The predicted molar refractivity (Wildman–Crippen MR) is 92.6 cm³/mol. The zero-order valence-corrected chi connectivity index (χ0v) is 13.7. The Morgan fingerprint density at radius 1 is 1.31 bits per heavy atom. The quantitative estimate of drug-likeness (QED) is 0.458. The SMILES string of the molecule is CC(O)(CO)C(=O)Nc1cccc(-c2ncnc3[nH]cc(C(=O)O)c23)c1. The largest absolute Gasteiger partial charge is 0.478 e. The molecule has 1 atom stereocenters. The van der Waals surface area contributed by atoms with Crippen molar-refractivity contribution in [2.24, 2.45) is 0 Å². The first-order valence-electron chi connectivity index (χ1n) is 7.64. The molecule has 0 fully saturated rings. The molecule has 0 saturated carbocycles. The van der Waals surface area contributed by atoms with Crippen LogP contribution in [0.3, 0.4) is 0 Å². The molecule has 1 amide bonds. The van der Waals surface area contributed by atoms with Gasteiger partial charge in [-0.25, -0.2) is 14.8 Å². The number of aromatic carboxylic acids is 1. The topological polar surface area (TPSA) is 148 Å². The molecule has 0 aliphatic carbocycles. The summed E-state index contributed by atoms with van der Waals surface area (Å²) >= 11 is 0. The molecule has 9 nitrogen and oxygen atoms in total. The molecule has 3 rings (SSSR count). The molecule has 0 bridgehead atoms. The highest BCUT2D eigenvalue weighted by Gasteiger charge is 2.29. The molecule has 0 aliphatic heterocycles. The number of hydrogen-bond donors (Lipinski definition) is 5. The van der Waals surface area contributed by atoms with Gasteiger partial charge in [0.1, 0.15) is 12.0 Å². The zero-order valence-electron chi connectivity index (χ0n) is 13.7. The maximum Gasteiger partial charge on any atom is 0.338 e. The molecule has 5 N–H and O–H groups in total. The summed E-state index contributed by atoms with van der Waals surface area (Å²) in [5, 5.41) is 31.1. The first-order valence-corrected chi connectivity index (χ1v) is 7.64. The van der Waals surface area contributed by atoms with E-state index in [9.17, 15) is 19.8 Å². The lowest BCUT2D eigenvalue weighted by molar-refractivity contribution is -0.135. The zero-order chi connectivity index (χ0) is 18.9. The van der Waals surface area contributed by atoms with Crippen molar-refractivity contribution in [3.05, 3.63) is 42.4 Å². The van der Waals surface area contributed by atoms with Gasteiger partial charge in [-0.3, -0.25) is 4.79 Å². The van der Waals surface area contributed by atoms with Crippen LogP contribution in [0.25, 0.3) is 22.3 Å². The van der Waals surface area contributed by atoms with E-state index >= 15 is 0 Å². The van der Waals surface area contributed by atoms with E-state index in [0.29, 0.717) is 28.0 Å². The van der Waals surface area contributed by atoms with Gasteiger partial charge in [-0.2, -0.15) is 0 Å². The fourth-order valence-corrected chi connectivity index (χ4v) is 2.43. The van der Waals surface area contributed by atoms with Gasteiger partial charge in [0.25, 0.3) is 5.91 Å². The Morgan fingerprint density at radius 2 is 2.08 bits per heavy atom. The number of carboxylic acids is 1. The van der Waals surface area contributed by atoms with Crippen molar-refractivity contribution in [3.8, 4) is 11.3 Å². The van der Waals surface area contributed by atoms with E-state index < -0.39 is 24.1 Å². The first-order chi connectivity index (χ1) is 12.3. The number of nitrogens with one attached hydrogen (secondary N) is 2. The Morgan fingerprint density at radius 3 is 2.77 bits per heavy atom. The standard InChI is InChI=1S/C17H16N4O5/c1-17(26,7-22)16(25)21-10-4-2-3-9(5-10)13-12-11(15(23)24)6-18-14(12)20-8-19-13/h2-6,8,22,26H,7H2,1H3,(H,21,25)(H,23,24)(H,18,19,20). The number of amides is 1. The number of nitrogens with zero attached hydrogens (tertiary/aromatic N) is 2. The molecule has 0 radical (unpaired) electrons. The van der Waals surface area contributed by atoms with E-state index in [1.54, 1.807) is 24.3 Å². The maximum atomic E-state index is 12.0. The molecule has 1 unspecified atom stereocenters. The van der Waals surface area contributed by atoms with Gasteiger partial charge in [0.05, 0.1) is 23.3 Å². The number of aromatic amines is 1. The van der Waals surface area contributed by atoms with Crippen LogP contribution in [-0.4, -0.2) is 54.4 Å². The van der Waals surface area contributed by atoms with Crippen molar-refractivity contribution in [3.63, 3.8) is 0 Å². The summed E-state index contributed by atoms with van der Waals surface area (Å²) in [6, 6.07) is 6.55. The molecule has 1 aromatic carbocycles. The van der Waals surface area contributed by atoms with Crippen LogP contribution in [0.1, 0.15) is 17.3 Å². The molecule has 9 heteroatoms. The monoisotopic (exact) mass is 356 g/mol. The number of carbonyl (C=O) groups is 2. The van der Waals surface area contributed by atoms with Crippen LogP contribution < -0.4 is 5.32 Å². The second kappa shape index (κ2) is 6.54. The minimum Gasteiger partial charge on any atom is -0.478 e. The van der Waals surface area contributed by atoms with Crippen LogP contribution >= 0.6 is 0 Å². The van der Waals surface area contributed by atoms with Crippen LogP contribution in [0.2, 0.25) is 0 Å². The van der Waals surface area contributed by atoms with Gasteiger partial charge in [-0.1, -0.05) is 12.1 Å². The van der Waals surface area contributed by atoms with Crippen LogP contribution in [-0.2, 0) is 4.79 Å². The third kappa shape index (κ3) is 3.13. The molecule has 3 aromatic rings. The van der Waals surface area contributed by atoms with Gasteiger partial charge in [0.15, 0.2) is 5.60 Å². The number of aliphatic hydroxyl groups excluding tert-OH is 1. The highest BCUT2D eigenvalue weighted by Crippen LogP contribution is 2.29. The van der Waals surface area contributed by atoms with Crippen molar-refractivity contribution in [1.82, 2.24) is 15.0 Å². The van der Waals surface area contributed by atoms with Crippen LogP contribution in [0.15, 0.2) is 36.8 Å². The van der Waals surface area contributed by atoms with E-state index in [-0.39, 0.29) is 5.56 Å². The average molecular weight is 356 g/mol. The third-order valence-corrected chi connectivity index (χ3v) is 3.89. The highest BCUT2D eigenvalue weighted by atomic mass is 16.4. The van der Waals surface area contributed by atoms with Crippen molar-refractivity contribution in [2.75, 3.05) is 11.9 Å². The fraction of sp³-hybridized carbons (Fsp3) is 0.176. The Hall–Kier alpha value is -3.30. The number of aromatic nitrogens is 3. The smallest absolute Gasteiger partial charge is 0.338 e. The van der Waals surface area contributed by atoms with Crippen LogP contribution in [0, 0.1) is 0 Å². The number of carbonyl (C=O) groups excluding carboxylic acids is 1. The van der Waals surface area contributed by atoms with Crippen molar-refractivity contribution >= 4 is 28.6 Å². The van der Waals surface area contributed by atoms with Gasteiger partial charge >= 0.3 is 5.97 Å². The average Bonchev–Trinajstić information content (AvgIpc) is 3.06. The summed E-state index contributed by atoms with van der Waals surface area (Å²) in [6.45, 7) is 0.468. The third-order valence-electron chi connectivity index (χ3n) is 3.89. The van der Waals surface area contributed by atoms with E-state index in [1.807, 2.05) is 0 Å². The Balaban J connectivity index is 2.04. The van der Waals surface area contributed by atoms with Gasteiger partial charge < -0.3 is 25.6 Å². The van der Waals surface area contributed by atoms with E-state index in [0.717, 1.165) is 0 Å². The number of anilines is 1. The number of hydrogen-bond acceptors (Lipinski definition) is 6. The molecule has 26 heavy (non-hydrogen) atoms. The summed E-state index contributed by atoms with van der Waals surface area (Å²) in [4.78, 5) is 34.4. The molecule has 0 spiro atoms. The van der Waals surface area contributed by atoms with Crippen LogP contribution in [0.5, 0.6) is 0 Å². The van der Waals surface area contributed by atoms with E-state index in [2.05, 4.69) is 20.3 Å². The molecular weight excluding hydrogens is 340 g/mol. The number of benzene rings is 1. The Bertz CT molecular complexity index is 996. The maximum absolute atomic E-state index is 12.0. The van der Waals surface area contributed by atoms with Gasteiger partial charge in [0, 0.05) is 17.4 Å². The predicted octanol–water partition coefficient (Wildman–Crippen LogP) is 1.00. The second-order valence-electron chi connectivity index (χ2n) is 5.92. The van der Waals surface area contributed by atoms with Gasteiger partial charge in [-0.05, 0) is 19.1 Å². The molecule has 2 heterocycles. The fourth-order valence-electron chi connectivity index (χ4n) is 2.43. The summed E-state index contributed by atoms with van der Waals surface area (Å²) in [5.74, 6) is -1.88. The van der Waals surface area contributed by atoms with Crippen molar-refractivity contribution in [1.29, 1.82) is 0 Å². The Kier molecular flexibility index (Phi) is 4.41. The molecule has 134 valence electrons. The van der Waals surface area contributed by atoms with Crippen LogP contribution in [0.4, 0.5) is 5.69 Å². The molecule has 0 aliphatic rings. The van der Waals surface area contributed by atoms with E-state index in [4.69, 9.17) is 5.11 Å². The lowest BCUT2D eigenvalue weighted by atomic mass is 10.0. The second-order valence-corrected chi connectivity index (χ2v) is 5.92. The summed E-state index contributed by atoms with van der Waals surface area (Å²) < 4.78 is 0. The highest BCUT2D eigenvalue weighted by molar-refractivity contribution is 6.07. The number of fused-ring (bicyclic) bond motifs is 1. The molecule has 0 saturated heterocycles. The molecule has 2 aromatic heterocycles. The van der Waals surface area contributed by atoms with Gasteiger partial charge in [-0.15, -0.1) is 0 Å². The first kappa shape index (κ1) is 17.5. The summed E-state index contributed by atoms with van der Waals surface area (Å²) in [5.41, 5.74) is -0.201. The van der Waals surface area contributed by atoms with Crippen molar-refractivity contribution < 1.29 is 24.9 Å². The van der Waals surface area contributed by atoms with E-state index in [1.165, 1.54) is 19.4 Å². The number of H-pyrrole nitrogens is 1. The minimum atomic E-state index is -1.92. The summed E-state index contributed by atoms with van der Waals surface area (Å²) in [6.07, 6.45) is 2.65. The molecular formula is C17H16N4O5. The lowest BCUT2D eigenvalue weighted by Gasteiger charge is -2.19. The van der Waals surface area contributed by atoms with Crippen molar-refractivity contribution in [2.45, 2.75) is 12.5 Å². The minimum absolute atomic E-state index is 0.0354. The lowest BCUT2D eigenvalue weighted by Crippen LogP contribution is -2.43. The normalized spacial score (nSPS) is 13.3.